The van der Waals surface area contributed by atoms with Gasteiger partial charge in [0.2, 0.25) is 17.2 Å². The van der Waals surface area contributed by atoms with Gasteiger partial charge in [0.1, 0.15) is 18.2 Å². The molecule has 4 aromatic rings. The Morgan fingerprint density at radius 2 is 1.72 bits per heavy atom. The highest BCUT2D eigenvalue weighted by Crippen LogP contribution is 2.53. The lowest BCUT2D eigenvalue weighted by Gasteiger charge is -2.48. The Bertz CT molecular complexity index is 1600. The average molecular weight is 542 g/mol. The van der Waals surface area contributed by atoms with Crippen molar-refractivity contribution in [3.05, 3.63) is 83.9 Å². The molecule has 6 rings (SSSR count). The van der Waals surface area contributed by atoms with E-state index in [1.54, 1.807) is 12.1 Å². The molecular weight excluding hydrogens is 513 g/mol. The van der Waals surface area contributed by atoms with Crippen LogP contribution < -0.4 is 9.13 Å². The largest absolute Gasteiger partial charge is 0.453 e. The Labute approximate surface area is 222 Å². The summed E-state index contributed by atoms with van der Waals surface area (Å²) in [4.78, 5) is 3.83. The highest BCUT2D eigenvalue weighted by atomic mass is 19.4. The summed E-state index contributed by atoms with van der Waals surface area (Å²) in [6, 6.07) is 13.0. The van der Waals surface area contributed by atoms with Crippen molar-refractivity contribution in [1.29, 1.82) is 0 Å². The summed E-state index contributed by atoms with van der Waals surface area (Å²) in [5.41, 5.74) is 0.803. The molecule has 3 atom stereocenters. The van der Waals surface area contributed by atoms with Crippen LogP contribution in [-0.4, -0.2) is 14.8 Å². The molecule has 5 heterocycles. The molecule has 2 aliphatic heterocycles. The Hall–Kier alpha value is -3.69. The second-order valence-electron chi connectivity index (χ2n) is 10.6. The maximum absolute atomic E-state index is 15.4. The van der Waals surface area contributed by atoms with Crippen LogP contribution in [0.15, 0.2) is 60.9 Å². The van der Waals surface area contributed by atoms with E-state index in [1.165, 1.54) is 10.7 Å². The van der Waals surface area contributed by atoms with E-state index in [0.717, 1.165) is 6.07 Å². The van der Waals surface area contributed by atoms with Crippen LogP contribution in [-0.2, 0) is 23.7 Å². The number of hydrogen-bond acceptors (Lipinski definition) is 2. The molecule has 10 heteroatoms. The molecule has 0 bridgehead atoms. The third-order valence-electron chi connectivity index (χ3n) is 8.94. The molecule has 3 unspecified atom stereocenters. The van der Waals surface area contributed by atoms with E-state index in [9.17, 15) is 17.6 Å². The fourth-order valence-corrected chi connectivity index (χ4v) is 6.94. The molecule has 0 aliphatic carbocycles. The zero-order valence-electron chi connectivity index (χ0n) is 21.8. The first-order chi connectivity index (χ1) is 18.5. The minimum absolute atomic E-state index is 0.161. The quantitative estimate of drug-likeness (QED) is 0.238. The summed E-state index contributed by atoms with van der Waals surface area (Å²) in [7, 11) is 0. The minimum atomic E-state index is -4.67. The van der Waals surface area contributed by atoms with Gasteiger partial charge < -0.3 is 0 Å². The van der Waals surface area contributed by atoms with Crippen molar-refractivity contribution in [2.75, 3.05) is 0 Å². The summed E-state index contributed by atoms with van der Waals surface area (Å²) in [5, 5.41) is 3.83. The number of aromatic nitrogens is 5. The van der Waals surface area contributed by atoms with Gasteiger partial charge in [0.25, 0.3) is 5.82 Å². The molecule has 5 nitrogen and oxygen atoms in total. The van der Waals surface area contributed by atoms with Gasteiger partial charge in [-0.2, -0.15) is 27.3 Å². The number of pyridine rings is 2. The zero-order valence-corrected chi connectivity index (χ0v) is 21.8. The Balaban J connectivity index is 1.56. The van der Waals surface area contributed by atoms with Crippen molar-refractivity contribution in [2.45, 2.75) is 69.8 Å². The van der Waals surface area contributed by atoms with Crippen molar-refractivity contribution in [3.63, 3.8) is 0 Å². The molecule has 0 saturated heterocycles. The van der Waals surface area contributed by atoms with Crippen LogP contribution in [0.1, 0.15) is 57.5 Å². The molecule has 3 aromatic heterocycles. The van der Waals surface area contributed by atoms with Gasteiger partial charge in [-0.15, -0.1) is 5.10 Å². The fourth-order valence-electron chi connectivity index (χ4n) is 6.94. The Morgan fingerprint density at radius 3 is 2.41 bits per heavy atom. The maximum atomic E-state index is 15.4. The first-order valence-electron chi connectivity index (χ1n) is 13.1. The first kappa shape index (κ1) is 25.6. The van der Waals surface area contributed by atoms with E-state index in [1.807, 2.05) is 55.1 Å². The number of halogens is 5. The van der Waals surface area contributed by atoms with Crippen LogP contribution in [0.25, 0.3) is 22.8 Å². The molecule has 0 fully saturated rings. The summed E-state index contributed by atoms with van der Waals surface area (Å²) in [5.74, 6) is -2.26. The van der Waals surface area contributed by atoms with Crippen LogP contribution in [0.4, 0.5) is 22.0 Å². The average Bonchev–Trinajstić information content (AvgIpc) is 3.36. The van der Waals surface area contributed by atoms with Crippen molar-refractivity contribution in [2.24, 2.45) is 0 Å². The number of rotatable bonds is 4. The lowest BCUT2D eigenvalue weighted by atomic mass is 9.57. The second kappa shape index (κ2) is 8.66. The molecule has 0 spiro atoms. The topological polar surface area (TPSA) is 38.5 Å². The fraction of sp³-hybridized carbons (Fsp3) is 0.379. The lowest BCUT2D eigenvalue weighted by molar-refractivity contribution is -0.789. The van der Waals surface area contributed by atoms with E-state index in [0.29, 0.717) is 41.8 Å². The van der Waals surface area contributed by atoms with E-state index in [-0.39, 0.29) is 18.4 Å². The van der Waals surface area contributed by atoms with Gasteiger partial charge in [-0.1, -0.05) is 13.8 Å². The number of hydrogen-bond donors (Lipinski definition) is 0. The third kappa shape index (κ3) is 3.56. The van der Waals surface area contributed by atoms with Crippen molar-refractivity contribution >= 4 is 0 Å². The van der Waals surface area contributed by atoms with Gasteiger partial charge in [0.05, 0.1) is 17.4 Å². The molecule has 1 aromatic carbocycles. The SMILES string of the molecule is CCC1(C)c2cc(F)cc(F)c2-c2cccc[n+]2C1(CC)CC1Cn2nc(C(F)(F)F)nc2-c2cccc[n+]21. The molecule has 0 saturated carbocycles. The second-order valence-corrected chi connectivity index (χ2v) is 10.6. The van der Waals surface area contributed by atoms with Crippen LogP contribution >= 0.6 is 0 Å². The minimum Gasteiger partial charge on any atom is -0.233 e. The smallest absolute Gasteiger partial charge is 0.233 e. The number of alkyl halides is 3. The molecular formula is C29H28F5N5+2. The van der Waals surface area contributed by atoms with Crippen molar-refractivity contribution in [1.82, 2.24) is 14.8 Å². The highest BCUT2D eigenvalue weighted by molar-refractivity contribution is 5.66. The van der Waals surface area contributed by atoms with Crippen LogP contribution in [0.2, 0.25) is 0 Å². The van der Waals surface area contributed by atoms with Gasteiger partial charge in [-0.3, -0.25) is 0 Å². The number of fused-ring (bicyclic) bond motifs is 6. The molecule has 0 N–H and O–H groups in total. The highest BCUT2D eigenvalue weighted by Gasteiger charge is 2.62. The zero-order chi connectivity index (χ0) is 27.7. The Morgan fingerprint density at radius 1 is 1.00 bits per heavy atom. The van der Waals surface area contributed by atoms with Gasteiger partial charge >= 0.3 is 6.18 Å². The first-order valence-corrected chi connectivity index (χ1v) is 13.1. The normalized spacial score (nSPS) is 23.5. The monoisotopic (exact) mass is 541 g/mol. The van der Waals surface area contributed by atoms with Gasteiger partial charge in [-0.05, 0) is 37.1 Å². The summed E-state index contributed by atoms with van der Waals surface area (Å²) in [6.45, 7) is 6.28. The van der Waals surface area contributed by atoms with Crippen LogP contribution in [0, 0.1) is 11.6 Å². The van der Waals surface area contributed by atoms with Crippen molar-refractivity contribution in [3.8, 4) is 22.8 Å². The number of benzene rings is 1. The predicted molar refractivity (Wildman–Crippen MR) is 132 cm³/mol. The predicted octanol–water partition coefficient (Wildman–Crippen LogP) is 5.92. The van der Waals surface area contributed by atoms with Gasteiger partial charge in [-0.25, -0.2) is 13.5 Å². The number of nitrogens with zero attached hydrogens (tertiary/aromatic N) is 5. The van der Waals surface area contributed by atoms with E-state index < -0.39 is 34.6 Å². The molecule has 39 heavy (non-hydrogen) atoms. The lowest BCUT2D eigenvalue weighted by Crippen LogP contribution is -2.71. The molecule has 0 radical (unpaired) electrons. The summed E-state index contributed by atoms with van der Waals surface area (Å²) >= 11 is 0. The van der Waals surface area contributed by atoms with E-state index in [4.69, 9.17) is 0 Å². The van der Waals surface area contributed by atoms with E-state index >= 15 is 4.39 Å². The van der Waals surface area contributed by atoms with Gasteiger partial charge in [0.15, 0.2) is 24.0 Å². The van der Waals surface area contributed by atoms with E-state index in [2.05, 4.69) is 21.6 Å². The van der Waals surface area contributed by atoms with Crippen LogP contribution in [0.3, 0.4) is 0 Å². The summed E-state index contributed by atoms with van der Waals surface area (Å²) in [6.07, 6.45) is 0.805. The van der Waals surface area contributed by atoms with Crippen molar-refractivity contribution < 1.29 is 31.1 Å². The third-order valence-corrected chi connectivity index (χ3v) is 8.94. The summed E-state index contributed by atoms with van der Waals surface area (Å²) < 4.78 is 76.2. The standard InChI is InChI=1S/C29H28F5N5/c1-4-27(3)20-14-18(30)15-21(31)24(20)22-10-7-9-13-38(22)28(27,5-2)16-19-17-39-25(23-11-6-8-12-37(19)23)35-26(36-39)29(32,33)34/h6-15,19H,4-5,16-17H2,1-3H3/q+2. The molecule has 0 amide bonds. The van der Waals surface area contributed by atoms with Gasteiger partial charge in [0, 0.05) is 36.8 Å². The Kier molecular flexibility index (Phi) is 5.68. The molecule has 202 valence electrons. The van der Waals surface area contributed by atoms with Crippen LogP contribution in [0.5, 0.6) is 0 Å². The molecule has 2 aliphatic rings. The maximum Gasteiger partial charge on any atom is 0.453 e.